The van der Waals surface area contributed by atoms with Gasteiger partial charge in [0.15, 0.2) is 17.4 Å². The topological polar surface area (TPSA) is 74.6 Å². The molecule has 0 spiro atoms. The Morgan fingerprint density at radius 3 is 0.619 bits per heavy atom. The molecule has 0 aromatic heterocycles. The second-order valence-corrected chi connectivity index (χ2v) is 12.2. The number of carbonyl (C=O) groups is 2. The molecule has 2 N–H and O–H groups in total. The molecule has 0 saturated heterocycles. The van der Waals surface area contributed by atoms with E-state index in [2.05, 4.69) is 13.8 Å². The van der Waals surface area contributed by atoms with E-state index in [1.807, 2.05) is 0 Å². The van der Waals surface area contributed by atoms with Gasteiger partial charge in [0, 0.05) is 12.8 Å². The second kappa shape index (κ2) is 46.2. The molecule has 0 atom stereocenters. The summed E-state index contributed by atoms with van der Waals surface area (Å²) in [4.78, 5) is 20.7. The molecule has 0 unspecified atom stereocenters. The van der Waals surface area contributed by atoms with E-state index in [0.29, 0.717) is 12.8 Å². The first-order chi connectivity index (χ1) is 19.5. The van der Waals surface area contributed by atoms with Gasteiger partial charge in [-0.3, -0.25) is 9.59 Å². The molecule has 0 aromatic carbocycles. The maximum absolute atomic E-state index is 10.3. The van der Waals surface area contributed by atoms with Crippen molar-refractivity contribution < 1.29 is 19.8 Å². The fourth-order valence-electron chi connectivity index (χ4n) is 5.30. The fraction of sp³-hybridized carbons (Fsp3) is 0.944. The van der Waals surface area contributed by atoms with Gasteiger partial charge >= 0.3 is 49.7 Å². The fourth-order valence-corrected chi connectivity index (χ4v) is 5.30. The molecule has 0 aliphatic carbocycles. The monoisotopic (exact) mass is 641 g/mol. The summed E-state index contributed by atoms with van der Waals surface area (Å²) in [6.45, 7) is 4.54. The molecule has 0 amide bonds. The summed E-state index contributed by atoms with van der Waals surface area (Å²) < 4.78 is 0. The number of aliphatic carboxylic acids is 2. The van der Waals surface area contributed by atoms with Gasteiger partial charge in [-0.15, -0.1) is 0 Å². The van der Waals surface area contributed by atoms with Crippen LogP contribution in [0.2, 0.25) is 0 Å². The van der Waals surface area contributed by atoms with Gasteiger partial charge in [0.25, 0.3) is 0 Å². The van der Waals surface area contributed by atoms with Gasteiger partial charge in [0.1, 0.15) is 0 Å². The minimum atomic E-state index is -0.653. The number of unbranched alkanes of at least 4 members (excludes halogenated alkanes) is 28. The van der Waals surface area contributed by atoms with Crippen LogP contribution in [0.25, 0.3) is 0 Å². The van der Waals surface area contributed by atoms with Crippen LogP contribution in [-0.2, 0) is 9.59 Å². The van der Waals surface area contributed by atoms with E-state index >= 15 is 0 Å². The van der Waals surface area contributed by atoms with Crippen LogP contribution in [0.15, 0.2) is 0 Å². The molecule has 0 saturated carbocycles. The summed E-state index contributed by atoms with van der Waals surface area (Å²) in [5.74, 6) is -1.31. The first-order valence-electron chi connectivity index (χ1n) is 18.0. The van der Waals surface area contributed by atoms with Crippen LogP contribution in [0.3, 0.4) is 0 Å². The zero-order chi connectivity index (χ0) is 29.8. The van der Waals surface area contributed by atoms with Crippen molar-refractivity contribution in [2.75, 3.05) is 0 Å². The average molecular weight is 641 g/mol. The quantitative estimate of drug-likeness (QED) is 0.0567. The van der Waals surface area contributed by atoms with Gasteiger partial charge < -0.3 is 10.2 Å². The third kappa shape index (κ3) is 53.3. The first kappa shape index (κ1) is 49.6. The Hall–Kier alpha value is 0.732. The predicted octanol–water partition coefficient (Wildman–Crippen LogP) is 10.6. The Balaban J connectivity index is -0.000000328. The molecule has 0 aliphatic rings. The maximum atomic E-state index is 10.3. The van der Waals surface area contributed by atoms with Crippen molar-refractivity contribution in [1.82, 2.24) is 0 Å². The van der Waals surface area contributed by atoms with Crippen LogP contribution in [0.1, 0.15) is 219 Å². The molecule has 0 bridgehead atoms. The molecule has 0 heterocycles. The molecular weight excluding hydrogens is 563 g/mol. The number of rotatable bonds is 32. The summed E-state index contributed by atoms with van der Waals surface area (Å²) >= 11 is 0. The molecule has 0 fully saturated rings. The van der Waals surface area contributed by atoms with Crippen molar-refractivity contribution >= 4 is 67.0 Å². The van der Waals surface area contributed by atoms with Crippen molar-refractivity contribution in [2.45, 2.75) is 219 Å². The van der Waals surface area contributed by atoms with E-state index in [1.165, 1.54) is 167 Å². The van der Waals surface area contributed by atoms with Gasteiger partial charge in [-0.25, -0.2) is 0 Å². The van der Waals surface area contributed by atoms with Crippen molar-refractivity contribution in [3.8, 4) is 0 Å². The van der Waals surface area contributed by atoms with Gasteiger partial charge in [0.2, 0.25) is 0 Å². The first-order valence-corrected chi connectivity index (χ1v) is 18.0. The Morgan fingerprint density at radius 1 is 0.333 bits per heavy atom. The van der Waals surface area contributed by atoms with Crippen LogP contribution in [0.5, 0.6) is 0 Å². The van der Waals surface area contributed by atoms with E-state index in [0.717, 1.165) is 25.7 Å². The number of hydrogen-bond acceptors (Lipinski definition) is 2. The second-order valence-electron chi connectivity index (χ2n) is 12.2. The molecule has 4 nitrogen and oxygen atoms in total. The predicted molar refractivity (Wildman–Crippen MR) is 193 cm³/mol. The zero-order valence-corrected chi connectivity index (χ0v) is 27.3. The molecule has 250 valence electrons. The summed E-state index contributed by atoms with van der Waals surface area (Å²) in [6.07, 6.45) is 40.4. The zero-order valence-electron chi connectivity index (χ0n) is 27.3. The van der Waals surface area contributed by atoms with Crippen LogP contribution in [0.4, 0.5) is 0 Å². The van der Waals surface area contributed by atoms with E-state index in [1.54, 1.807) is 0 Å². The molecule has 0 aromatic rings. The Kier molecular flexibility index (Phi) is 54.5. The van der Waals surface area contributed by atoms with Crippen LogP contribution < -0.4 is 0 Å². The van der Waals surface area contributed by atoms with Crippen LogP contribution in [0, 0.1) is 0 Å². The van der Waals surface area contributed by atoms with Gasteiger partial charge in [-0.1, -0.05) is 194 Å². The Bertz CT molecular complexity index is 461. The molecular formula is C36H77AlCaO4. The van der Waals surface area contributed by atoms with Gasteiger partial charge in [-0.05, 0) is 12.8 Å². The molecule has 0 radical (unpaired) electrons. The minimum absolute atomic E-state index is 0. The van der Waals surface area contributed by atoms with Crippen LogP contribution >= 0.6 is 0 Å². The van der Waals surface area contributed by atoms with Crippen molar-refractivity contribution in [2.24, 2.45) is 0 Å². The standard InChI is InChI=1S/2C18H36O2.Al.Ca.5H/c2*1-2-3-4-5-6-7-8-9-10-11-12-13-14-15-16-17-18(19)20;;;;;;;/h2*2-17H2,1H3,(H,19,20);;;;;;;. The van der Waals surface area contributed by atoms with E-state index < -0.39 is 11.9 Å². The van der Waals surface area contributed by atoms with E-state index in [9.17, 15) is 9.59 Å². The summed E-state index contributed by atoms with van der Waals surface area (Å²) in [5.41, 5.74) is 0. The third-order valence-electron chi connectivity index (χ3n) is 7.99. The Labute approximate surface area is 303 Å². The molecule has 6 heteroatoms. The summed E-state index contributed by atoms with van der Waals surface area (Å²) in [6, 6.07) is 0. The third-order valence-corrected chi connectivity index (χ3v) is 7.99. The SMILES string of the molecule is CCCCCCCCCCCCCCCCCC(=O)O.CCCCCCCCCCCCCCCCCC(=O)O.[AlH3].[CaH2]. The van der Waals surface area contributed by atoms with E-state index in [4.69, 9.17) is 10.2 Å². The molecule has 0 rings (SSSR count). The van der Waals surface area contributed by atoms with E-state index in [-0.39, 0.29) is 55.1 Å². The average Bonchev–Trinajstić information content (AvgIpc) is 2.93. The Morgan fingerprint density at radius 2 is 0.476 bits per heavy atom. The molecule has 0 aliphatic heterocycles. The van der Waals surface area contributed by atoms with Gasteiger partial charge in [-0.2, -0.15) is 0 Å². The van der Waals surface area contributed by atoms with Gasteiger partial charge in [0.05, 0.1) is 0 Å². The number of carboxylic acid groups (broad SMARTS) is 2. The van der Waals surface area contributed by atoms with Crippen molar-refractivity contribution in [1.29, 1.82) is 0 Å². The molecule has 42 heavy (non-hydrogen) atoms. The summed E-state index contributed by atoms with van der Waals surface area (Å²) in [7, 11) is 0. The number of hydrogen-bond donors (Lipinski definition) is 2. The van der Waals surface area contributed by atoms with Crippen LogP contribution in [-0.4, -0.2) is 77.3 Å². The normalized spacial score (nSPS) is 10.3. The van der Waals surface area contributed by atoms with Crippen molar-refractivity contribution in [3.05, 3.63) is 0 Å². The summed E-state index contributed by atoms with van der Waals surface area (Å²) in [5, 5.41) is 17.0. The van der Waals surface area contributed by atoms with Crippen molar-refractivity contribution in [3.63, 3.8) is 0 Å². The number of carboxylic acids is 2.